The molecule has 0 amide bonds. The van der Waals surface area contributed by atoms with Gasteiger partial charge in [0.2, 0.25) is 5.65 Å². The van der Waals surface area contributed by atoms with E-state index in [1.807, 2.05) is 85.8 Å². The van der Waals surface area contributed by atoms with E-state index in [4.69, 9.17) is 14.5 Å². The second-order valence-corrected chi connectivity index (χ2v) is 8.27. The van der Waals surface area contributed by atoms with Gasteiger partial charge >= 0.3 is 0 Å². The summed E-state index contributed by atoms with van der Waals surface area (Å²) in [6, 6.07) is 20.6. The molecule has 1 N–H and O–H groups in total. The zero-order chi connectivity index (χ0) is 25.1. The Balaban J connectivity index is 1.49. The molecule has 0 spiro atoms. The third kappa shape index (κ3) is 4.45. The summed E-state index contributed by atoms with van der Waals surface area (Å²) in [5, 5.41) is 12.0. The van der Waals surface area contributed by atoms with E-state index in [1.165, 1.54) is 0 Å². The molecule has 8 nitrogen and oxygen atoms in total. The molecule has 0 atom stereocenters. The van der Waals surface area contributed by atoms with Crippen molar-refractivity contribution in [2.75, 3.05) is 18.5 Å². The molecule has 0 fully saturated rings. The first-order valence-corrected chi connectivity index (χ1v) is 12.0. The fourth-order valence-electron chi connectivity index (χ4n) is 4.18. The Labute approximate surface area is 208 Å². The van der Waals surface area contributed by atoms with Gasteiger partial charge in [-0.15, -0.1) is 10.2 Å². The normalized spacial score (nSPS) is 11.1. The van der Waals surface area contributed by atoms with Crippen LogP contribution in [0.5, 0.6) is 11.5 Å². The lowest BCUT2D eigenvalue weighted by molar-refractivity contribution is 0.103. The molecule has 3 aromatic carbocycles. The van der Waals surface area contributed by atoms with E-state index in [2.05, 4.69) is 15.5 Å². The van der Waals surface area contributed by atoms with Crippen LogP contribution in [0.25, 0.3) is 16.7 Å². The molecule has 8 heteroatoms. The van der Waals surface area contributed by atoms with E-state index < -0.39 is 0 Å². The van der Waals surface area contributed by atoms with Gasteiger partial charge in [-0.25, -0.2) is 4.98 Å². The highest BCUT2D eigenvalue weighted by Gasteiger charge is 2.16. The van der Waals surface area contributed by atoms with Gasteiger partial charge in [-0.05, 0) is 56.7 Å². The first-order chi connectivity index (χ1) is 17.6. The van der Waals surface area contributed by atoms with Crippen molar-refractivity contribution in [3.8, 4) is 11.5 Å². The second-order valence-electron chi connectivity index (χ2n) is 8.27. The van der Waals surface area contributed by atoms with Crippen LogP contribution in [-0.4, -0.2) is 38.6 Å². The number of aryl methyl sites for hydroxylation is 1. The molecular formula is C28H27N5O3. The predicted molar refractivity (Wildman–Crippen MR) is 139 cm³/mol. The second kappa shape index (κ2) is 10.0. The number of nitrogens with zero attached hydrogens (tertiary/aromatic N) is 4. The van der Waals surface area contributed by atoms with E-state index in [0.29, 0.717) is 53.9 Å². The van der Waals surface area contributed by atoms with Gasteiger partial charge in [-0.2, -0.15) is 0 Å². The van der Waals surface area contributed by atoms with E-state index in [-0.39, 0.29) is 5.78 Å². The minimum atomic E-state index is -0.0424. The molecule has 0 radical (unpaired) electrons. The van der Waals surface area contributed by atoms with E-state index in [0.717, 1.165) is 22.3 Å². The summed E-state index contributed by atoms with van der Waals surface area (Å²) in [5.41, 5.74) is 4.35. The van der Waals surface area contributed by atoms with Crippen molar-refractivity contribution in [1.29, 1.82) is 0 Å². The highest BCUT2D eigenvalue weighted by atomic mass is 16.5. The molecule has 0 aliphatic rings. The molecular weight excluding hydrogens is 454 g/mol. The largest absolute Gasteiger partial charge is 0.490 e. The average Bonchev–Trinajstić information content (AvgIpc) is 3.30. The molecule has 2 heterocycles. The maximum atomic E-state index is 13.0. The molecule has 0 saturated carbocycles. The lowest BCUT2D eigenvalue weighted by Crippen LogP contribution is -2.07. The van der Waals surface area contributed by atoms with Gasteiger partial charge in [0.1, 0.15) is 5.82 Å². The molecule has 0 aliphatic heterocycles. The fraction of sp³-hybridized carbons (Fsp3) is 0.214. The highest BCUT2D eigenvalue weighted by Crippen LogP contribution is 2.29. The lowest BCUT2D eigenvalue weighted by Gasteiger charge is -2.14. The molecule has 5 rings (SSSR count). The smallest absolute Gasteiger partial charge is 0.204 e. The van der Waals surface area contributed by atoms with Crippen molar-refractivity contribution in [1.82, 2.24) is 19.6 Å². The summed E-state index contributed by atoms with van der Waals surface area (Å²) in [7, 11) is 0. The summed E-state index contributed by atoms with van der Waals surface area (Å²) in [6.07, 6.45) is 0. The van der Waals surface area contributed by atoms with Gasteiger partial charge in [0.15, 0.2) is 23.1 Å². The number of ketones is 1. The molecule has 0 unspecified atom stereocenters. The SMILES string of the molecule is CCOc1ccc(CNc2nc3ccc(C(=O)c4ccccc4)cc3n3c(C)nnc23)cc1OCC. The van der Waals surface area contributed by atoms with Gasteiger partial charge in [0, 0.05) is 17.7 Å². The number of aromatic nitrogens is 4. The Morgan fingerprint density at radius 2 is 1.67 bits per heavy atom. The van der Waals surface area contributed by atoms with Gasteiger partial charge < -0.3 is 14.8 Å². The quantitative estimate of drug-likeness (QED) is 0.288. The molecule has 0 aliphatic carbocycles. The van der Waals surface area contributed by atoms with Crippen LogP contribution < -0.4 is 14.8 Å². The Morgan fingerprint density at radius 1 is 0.889 bits per heavy atom. The van der Waals surface area contributed by atoms with Crippen molar-refractivity contribution >= 4 is 28.3 Å². The van der Waals surface area contributed by atoms with E-state index >= 15 is 0 Å². The zero-order valence-corrected chi connectivity index (χ0v) is 20.5. The number of carbonyl (C=O) groups excluding carboxylic acids is 1. The third-order valence-electron chi connectivity index (χ3n) is 5.85. The molecule has 0 saturated heterocycles. The number of nitrogens with one attached hydrogen (secondary N) is 1. The number of hydrogen-bond acceptors (Lipinski definition) is 7. The number of fused-ring (bicyclic) bond motifs is 3. The van der Waals surface area contributed by atoms with Crippen LogP contribution in [0.2, 0.25) is 0 Å². The topological polar surface area (TPSA) is 90.6 Å². The van der Waals surface area contributed by atoms with Crippen LogP contribution in [0.3, 0.4) is 0 Å². The Morgan fingerprint density at radius 3 is 2.44 bits per heavy atom. The van der Waals surface area contributed by atoms with Crippen molar-refractivity contribution in [3.63, 3.8) is 0 Å². The predicted octanol–water partition coefficient (Wildman–Crippen LogP) is 5.23. The van der Waals surface area contributed by atoms with Crippen molar-refractivity contribution < 1.29 is 14.3 Å². The van der Waals surface area contributed by atoms with Gasteiger partial charge in [-0.3, -0.25) is 9.20 Å². The Hall–Kier alpha value is -4.46. The van der Waals surface area contributed by atoms with Crippen LogP contribution in [0.15, 0.2) is 66.7 Å². The van der Waals surface area contributed by atoms with Crippen LogP contribution in [0.4, 0.5) is 5.82 Å². The van der Waals surface area contributed by atoms with Gasteiger partial charge in [-0.1, -0.05) is 36.4 Å². The fourth-order valence-corrected chi connectivity index (χ4v) is 4.18. The molecule has 0 bridgehead atoms. The lowest BCUT2D eigenvalue weighted by atomic mass is 10.0. The summed E-state index contributed by atoms with van der Waals surface area (Å²) >= 11 is 0. The maximum Gasteiger partial charge on any atom is 0.204 e. The van der Waals surface area contributed by atoms with E-state index in [9.17, 15) is 4.79 Å². The summed E-state index contributed by atoms with van der Waals surface area (Å²) < 4.78 is 13.3. The minimum Gasteiger partial charge on any atom is -0.490 e. The highest BCUT2D eigenvalue weighted by molar-refractivity contribution is 6.10. The van der Waals surface area contributed by atoms with Gasteiger partial charge in [0.05, 0.1) is 24.2 Å². The first-order valence-electron chi connectivity index (χ1n) is 12.0. The molecule has 182 valence electrons. The number of anilines is 1. The van der Waals surface area contributed by atoms with E-state index in [1.54, 1.807) is 6.07 Å². The van der Waals surface area contributed by atoms with Gasteiger partial charge in [0.25, 0.3) is 0 Å². The summed E-state index contributed by atoms with van der Waals surface area (Å²) in [6.45, 7) is 7.41. The number of ether oxygens (including phenoxy) is 2. The number of hydrogen-bond donors (Lipinski definition) is 1. The first kappa shape index (κ1) is 23.3. The number of carbonyl (C=O) groups is 1. The van der Waals surface area contributed by atoms with Crippen LogP contribution in [0, 0.1) is 6.92 Å². The Kier molecular flexibility index (Phi) is 6.49. The maximum absolute atomic E-state index is 13.0. The zero-order valence-electron chi connectivity index (χ0n) is 20.5. The van der Waals surface area contributed by atoms with Crippen molar-refractivity contribution in [2.45, 2.75) is 27.3 Å². The summed E-state index contributed by atoms with van der Waals surface area (Å²) in [4.78, 5) is 17.8. The van der Waals surface area contributed by atoms with Crippen LogP contribution in [0.1, 0.15) is 41.2 Å². The summed E-state index contributed by atoms with van der Waals surface area (Å²) in [5.74, 6) is 2.72. The Bertz CT molecular complexity index is 1550. The number of rotatable bonds is 9. The monoisotopic (exact) mass is 481 g/mol. The third-order valence-corrected chi connectivity index (χ3v) is 5.85. The molecule has 2 aromatic heterocycles. The van der Waals surface area contributed by atoms with Crippen molar-refractivity contribution in [3.05, 3.63) is 89.2 Å². The molecule has 5 aromatic rings. The molecule has 36 heavy (non-hydrogen) atoms. The van der Waals surface area contributed by atoms with Crippen molar-refractivity contribution in [2.24, 2.45) is 0 Å². The van der Waals surface area contributed by atoms with Crippen LogP contribution >= 0.6 is 0 Å². The minimum absolute atomic E-state index is 0.0424. The standard InChI is InChI=1S/C28H27N5O3/c1-4-35-24-14-11-19(15-25(24)36-5-2)17-29-27-28-32-31-18(3)33(28)23-16-21(12-13-22(23)30-27)26(34)20-9-7-6-8-10-20/h6-16H,4-5,17H2,1-3H3,(H,29,30). The number of benzene rings is 3. The van der Waals surface area contributed by atoms with Crippen LogP contribution in [-0.2, 0) is 6.54 Å². The average molecular weight is 482 g/mol.